The second kappa shape index (κ2) is 7.79. The van der Waals surface area contributed by atoms with Crippen LogP contribution in [0.3, 0.4) is 0 Å². The molecule has 1 aromatic carbocycles. The van der Waals surface area contributed by atoms with E-state index in [2.05, 4.69) is 17.0 Å². The van der Waals surface area contributed by atoms with Gasteiger partial charge in [-0.3, -0.25) is 4.68 Å². The maximum Gasteiger partial charge on any atom is 0.233 e. The number of hydrogen-bond acceptors (Lipinski definition) is 5. The zero-order valence-electron chi connectivity index (χ0n) is 16.9. The van der Waals surface area contributed by atoms with E-state index in [1.807, 2.05) is 42.8 Å². The summed E-state index contributed by atoms with van der Waals surface area (Å²) in [6, 6.07) is 9.64. The highest BCUT2D eigenvalue weighted by atomic mass is 32.2. The zero-order chi connectivity index (χ0) is 20.5. The predicted molar refractivity (Wildman–Crippen MR) is 110 cm³/mol. The van der Waals surface area contributed by atoms with Gasteiger partial charge in [-0.25, -0.2) is 17.7 Å². The first kappa shape index (κ1) is 20.1. The number of benzene rings is 1. The Bertz CT molecular complexity index is 1070. The van der Waals surface area contributed by atoms with Gasteiger partial charge in [-0.1, -0.05) is 24.6 Å². The first-order valence-electron chi connectivity index (χ1n) is 9.24. The van der Waals surface area contributed by atoms with Gasteiger partial charge in [0.25, 0.3) is 0 Å². The van der Waals surface area contributed by atoms with E-state index >= 15 is 0 Å². The largest absolute Gasteiger partial charge is 0.441 e. The number of nitrogens with zero attached hydrogens (tertiary/aromatic N) is 4. The van der Waals surface area contributed by atoms with E-state index in [0.717, 1.165) is 29.8 Å². The van der Waals surface area contributed by atoms with Crippen molar-refractivity contribution >= 4 is 15.8 Å². The molecule has 0 radical (unpaired) electrons. The van der Waals surface area contributed by atoms with Crippen LogP contribution in [0.4, 0.5) is 5.82 Å². The molecule has 2 heterocycles. The summed E-state index contributed by atoms with van der Waals surface area (Å²) in [6.07, 6.45) is 2.10. The van der Waals surface area contributed by atoms with Gasteiger partial charge in [-0.05, 0) is 39.3 Å². The Morgan fingerprint density at radius 3 is 2.43 bits per heavy atom. The lowest BCUT2D eigenvalue weighted by molar-refractivity contribution is 0.539. The Hall–Kier alpha value is -2.61. The van der Waals surface area contributed by atoms with Crippen LogP contribution in [0.15, 0.2) is 34.7 Å². The SMILES string of the molecule is CCCn1nc(N(Cc2nc(-c3ccc(C)cc3)oc2C)S(C)(=O)=O)cc1C. The van der Waals surface area contributed by atoms with Crippen molar-refractivity contribution in [3.8, 4) is 11.5 Å². The fourth-order valence-electron chi connectivity index (χ4n) is 2.95. The van der Waals surface area contributed by atoms with Crippen LogP contribution in [0.1, 0.15) is 36.1 Å². The van der Waals surface area contributed by atoms with Gasteiger partial charge in [0.15, 0.2) is 5.82 Å². The standard InChI is InChI=1S/C20H26N4O3S/c1-6-11-23-15(3)12-19(22-23)24(28(5,25)26)13-18-16(4)27-20(21-18)17-9-7-14(2)8-10-17/h7-10,12H,6,11,13H2,1-5H3. The van der Waals surface area contributed by atoms with E-state index < -0.39 is 10.0 Å². The van der Waals surface area contributed by atoms with Crippen molar-refractivity contribution in [2.24, 2.45) is 0 Å². The van der Waals surface area contributed by atoms with Gasteiger partial charge in [0.2, 0.25) is 15.9 Å². The molecule has 0 aliphatic rings. The van der Waals surface area contributed by atoms with Crippen molar-refractivity contribution in [1.82, 2.24) is 14.8 Å². The van der Waals surface area contributed by atoms with Crippen molar-refractivity contribution in [2.75, 3.05) is 10.6 Å². The van der Waals surface area contributed by atoms with Gasteiger partial charge in [0.05, 0.1) is 12.8 Å². The van der Waals surface area contributed by atoms with Crippen LogP contribution in [0, 0.1) is 20.8 Å². The predicted octanol–water partition coefficient (Wildman–Crippen LogP) is 3.84. The lowest BCUT2D eigenvalue weighted by Crippen LogP contribution is -2.30. The summed E-state index contributed by atoms with van der Waals surface area (Å²) in [4.78, 5) is 4.55. The minimum Gasteiger partial charge on any atom is -0.441 e. The minimum absolute atomic E-state index is 0.0720. The Balaban J connectivity index is 1.94. The van der Waals surface area contributed by atoms with Crippen LogP contribution in [-0.4, -0.2) is 29.4 Å². The van der Waals surface area contributed by atoms with Crippen molar-refractivity contribution in [2.45, 2.75) is 47.2 Å². The van der Waals surface area contributed by atoms with Crippen LogP contribution in [-0.2, 0) is 23.1 Å². The molecule has 0 amide bonds. The molecule has 3 rings (SSSR count). The molecular weight excluding hydrogens is 376 g/mol. The van der Waals surface area contributed by atoms with Gasteiger partial charge < -0.3 is 4.42 Å². The first-order chi connectivity index (χ1) is 13.2. The van der Waals surface area contributed by atoms with Gasteiger partial charge >= 0.3 is 0 Å². The molecule has 7 nitrogen and oxygen atoms in total. The molecule has 0 saturated heterocycles. The fourth-order valence-corrected chi connectivity index (χ4v) is 3.74. The number of anilines is 1. The fraction of sp³-hybridized carbons (Fsp3) is 0.400. The molecule has 0 unspecified atom stereocenters. The van der Waals surface area contributed by atoms with Crippen LogP contribution in [0.25, 0.3) is 11.5 Å². The summed E-state index contributed by atoms with van der Waals surface area (Å²) in [5.41, 5.74) is 3.49. The van der Waals surface area contributed by atoms with Crippen LogP contribution in [0.2, 0.25) is 0 Å². The number of oxazole rings is 1. The summed E-state index contributed by atoms with van der Waals surface area (Å²) in [6.45, 7) is 8.59. The summed E-state index contributed by atoms with van der Waals surface area (Å²) in [5, 5.41) is 4.47. The van der Waals surface area contributed by atoms with Gasteiger partial charge in [0.1, 0.15) is 11.5 Å². The zero-order valence-corrected chi connectivity index (χ0v) is 17.7. The van der Waals surface area contributed by atoms with Crippen LogP contribution in [0.5, 0.6) is 0 Å². The van der Waals surface area contributed by atoms with E-state index in [9.17, 15) is 8.42 Å². The average Bonchev–Trinajstić information content (AvgIpc) is 3.15. The molecular formula is C20H26N4O3S. The summed E-state index contributed by atoms with van der Waals surface area (Å²) < 4.78 is 33.8. The molecule has 0 bridgehead atoms. The normalized spacial score (nSPS) is 11.8. The molecule has 0 spiro atoms. The van der Waals surface area contributed by atoms with Crippen molar-refractivity contribution in [3.63, 3.8) is 0 Å². The molecule has 0 aliphatic carbocycles. The molecule has 3 aromatic rings. The van der Waals surface area contributed by atoms with E-state index in [-0.39, 0.29) is 6.54 Å². The van der Waals surface area contributed by atoms with E-state index in [4.69, 9.17) is 4.42 Å². The topological polar surface area (TPSA) is 81.2 Å². The van der Waals surface area contributed by atoms with Gasteiger partial charge in [0, 0.05) is 23.9 Å². The van der Waals surface area contributed by atoms with E-state index in [1.54, 1.807) is 13.0 Å². The lowest BCUT2D eigenvalue weighted by Gasteiger charge is -2.18. The Morgan fingerprint density at radius 2 is 1.82 bits per heavy atom. The Morgan fingerprint density at radius 1 is 1.14 bits per heavy atom. The molecule has 8 heteroatoms. The molecule has 2 aromatic heterocycles. The quantitative estimate of drug-likeness (QED) is 0.600. The highest BCUT2D eigenvalue weighted by Crippen LogP contribution is 2.26. The number of rotatable bonds is 7. The second-order valence-corrected chi connectivity index (χ2v) is 8.93. The van der Waals surface area contributed by atoms with Gasteiger partial charge in [-0.15, -0.1) is 0 Å². The highest BCUT2D eigenvalue weighted by Gasteiger charge is 2.24. The van der Waals surface area contributed by atoms with Crippen LogP contribution >= 0.6 is 0 Å². The Labute approximate surface area is 166 Å². The monoisotopic (exact) mass is 402 g/mol. The molecule has 0 N–H and O–H groups in total. The van der Waals surface area contributed by atoms with Crippen molar-refractivity contribution in [1.29, 1.82) is 0 Å². The lowest BCUT2D eigenvalue weighted by atomic mass is 10.1. The molecule has 0 aliphatic heterocycles. The third-order valence-electron chi connectivity index (χ3n) is 4.54. The third kappa shape index (κ3) is 4.27. The summed E-state index contributed by atoms with van der Waals surface area (Å²) in [7, 11) is -3.54. The average molecular weight is 403 g/mol. The van der Waals surface area contributed by atoms with Gasteiger partial charge in [-0.2, -0.15) is 5.10 Å². The van der Waals surface area contributed by atoms with Crippen molar-refractivity contribution < 1.29 is 12.8 Å². The molecule has 0 saturated carbocycles. The summed E-state index contributed by atoms with van der Waals surface area (Å²) >= 11 is 0. The maximum atomic E-state index is 12.5. The number of aryl methyl sites for hydroxylation is 4. The number of sulfonamides is 1. The third-order valence-corrected chi connectivity index (χ3v) is 5.66. The van der Waals surface area contributed by atoms with E-state index in [0.29, 0.717) is 23.2 Å². The second-order valence-electron chi connectivity index (χ2n) is 7.02. The summed E-state index contributed by atoms with van der Waals surface area (Å²) in [5.74, 6) is 1.47. The maximum absolute atomic E-state index is 12.5. The molecule has 0 fully saturated rings. The van der Waals surface area contributed by atoms with Crippen LogP contribution < -0.4 is 4.31 Å². The number of aromatic nitrogens is 3. The van der Waals surface area contributed by atoms with Crippen molar-refractivity contribution in [3.05, 3.63) is 53.0 Å². The minimum atomic E-state index is -3.54. The molecule has 0 atom stereocenters. The smallest absolute Gasteiger partial charge is 0.233 e. The first-order valence-corrected chi connectivity index (χ1v) is 11.1. The molecule has 150 valence electrons. The molecule has 28 heavy (non-hydrogen) atoms. The highest BCUT2D eigenvalue weighted by molar-refractivity contribution is 7.92. The Kier molecular flexibility index (Phi) is 5.60. The van der Waals surface area contributed by atoms with E-state index in [1.165, 1.54) is 10.6 Å². The number of hydrogen-bond donors (Lipinski definition) is 0.